The Bertz CT molecular complexity index is 1350. The summed E-state index contributed by atoms with van der Waals surface area (Å²) >= 11 is 6.02. The lowest BCUT2D eigenvalue weighted by molar-refractivity contribution is -0.112. The van der Waals surface area contributed by atoms with E-state index in [1.807, 2.05) is 41.8 Å². The van der Waals surface area contributed by atoms with E-state index in [0.29, 0.717) is 45.5 Å². The minimum Gasteiger partial charge on any atom is -0.497 e. The van der Waals surface area contributed by atoms with Crippen LogP contribution in [0.1, 0.15) is 21.6 Å². The van der Waals surface area contributed by atoms with Crippen molar-refractivity contribution < 1.29 is 19.1 Å². The molecule has 1 N–H and O–H groups in total. The molecule has 0 saturated heterocycles. The zero-order valence-corrected chi connectivity index (χ0v) is 19.1. The number of hydrogen-bond donors (Lipinski definition) is 1. The topological polar surface area (TPSA) is 82.5 Å². The first kappa shape index (κ1) is 22.4. The number of Topliss-reactive ketones (excluding diaryl/α,β-unsaturated/α-hetero) is 1. The number of methoxy groups -OCH3 is 2. The summed E-state index contributed by atoms with van der Waals surface area (Å²) in [6.07, 6.45) is 1.49. The van der Waals surface area contributed by atoms with Crippen LogP contribution in [-0.2, 0) is 11.3 Å². The zero-order valence-electron chi connectivity index (χ0n) is 18.4. The van der Waals surface area contributed by atoms with Gasteiger partial charge in [-0.1, -0.05) is 23.7 Å². The molecule has 0 fully saturated rings. The van der Waals surface area contributed by atoms with Crippen LogP contribution in [0.5, 0.6) is 11.6 Å². The van der Waals surface area contributed by atoms with E-state index >= 15 is 0 Å². The maximum atomic E-state index is 13.3. The Balaban J connectivity index is 1.74. The number of carbonyl (C=O) groups excluding carboxylic acids is 2. The van der Waals surface area contributed by atoms with Gasteiger partial charge in [-0.05, 0) is 42.8 Å². The highest BCUT2D eigenvalue weighted by Crippen LogP contribution is 2.31. The molecule has 1 amide bonds. The number of ether oxygens (including phenoxy) is 2. The summed E-state index contributed by atoms with van der Waals surface area (Å²) in [7, 11) is 3.06. The molecule has 0 atom stereocenters. The van der Waals surface area contributed by atoms with Crippen molar-refractivity contribution in [2.45, 2.75) is 13.5 Å². The van der Waals surface area contributed by atoms with Crippen molar-refractivity contribution in [1.29, 1.82) is 0 Å². The first-order valence-corrected chi connectivity index (χ1v) is 10.6. The number of halogens is 1. The van der Waals surface area contributed by atoms with Crippen molar-refractivity contribution >= 4 is 39.9 Å². The minimum absolute atomic E-state index is 0.336. The van der Waals surface area contributed by atoms with Crippen molar-refractivity contribution in [2.24, 2.45) is 0 Å². The van der Waals surface area contributed by atoms with Crippen LogP contribution >= 0.6 is 11.6 Å². The van der Waals surface area contributed by atoms with Crippen LogP contribution in [0.25, 0.3) is 10.9 Å². The van der Waals surface area contributed by atoms with Gasteiger partial charge in [-0.2, -0.15) is 0 Å². The van der Waals surface area contributed by atoms with Crippen LogP contribution in [0.3, 0.4) is 0 Å². The van der Waals surface area contributed by atoms with Crippen LogP contribution < -0.4 is 14.8 Å². The van der Waals surface area contributed by atoms with Crippen LogP contribution in [-0.4, -0.2) is 35.5 Å². The lowest BCUT2D eigenvalue weighted by Crippen LogP contribution is -2.23. The molecule has 168 valence electrons. The summed E-state index contributed by atoms with van der Waals surface area (Å²) in [5.74, 6) is -0.381. The van der Waals surface area contributed by atoms with E-state index in [1.165, 1.54) is 13.3 Å². The molecule has 2 heterocycles. The molecular weight excluding hydrogens is 442 g/mol. The van der Waals surface area contributed by atoms with E-state index in [4.69, 9.17) is 21.1 Å². The summed E-state index contributed by atoms with van der Waals surface area (Å²) in [5, 5.41) is 3.96. The Labute approximate surface area is 195 Å². The highest BCUT2D eigenvalue weighted by atomic mass is 35.5. The number of nitrogens with one attached hydrogen (secondary N) is 1. The number of amides is 1. The van der Waals surface area contributed by atoms with Gasteiger partial charge in [0.15, 0.2) is 0 Å². The predicted octanol–water partition coefficient (Wildman–Crippen LogP) is 4.89. The Kier molecular flexibility index (Phi) is 6.33. The molecule has 2 aromatic heterocycles. The third-order valence-electron chi connectivity index (χ3n) is 5.42. The second-order valence-corrected chi connectivity index (χ2v) is 7.86. The van der Waals surface area contributed by atoms with Crippen LogP contribution in [0.2, 0.25) is 5.02 Å². The van der Waals surface area contributed by atoms with E-state index < -0.39 is 11.7 Å². The molecule has 33 heavy (non-hydrogen) atoms. The van der Waals surface area contributed by atoms with Crippen molar-refractivity contribution in [2.75, 3.05) is 19.5 Å². The van der Waals surface area contributed by atoms with Gasteiger partial charge in [0.2, 0.25) is 5.88 Å². The second-order valence-electron chi connectivity index (χ2n) is 7.43. The monoisotopic (exact) mass is 463 g/mol. The number of fused-ring (bicyclic) bond motifs is 1. The van der Waals surface area contributed by atoms with Crippen molar-refractivity contribution in [3.63, 3.8) is 0 Å². The highest BCUT2D eigenvalue weighted by Gasteiger charge is 2.26. The maximum Gasteiger partial charge on any atom is 0.296 e. The Morgan fingerprint density at radius 1 is 1.03 bits per heavy atom. The summed E-state index contributed by atoms with van der Waals surface area (Å²) < 4.78 is 12.5. The number of pyridine rings is 1. The van der Waals surface area contributed by atoms with Crippen LogP contribution in [0, 0.1) is 6.92 Å². The quantitative estimate of drug-likeness (QED) is 0.312. The number of benzene rings is 2. The van der Waals surface area contributed by atoms with Crippen molar-refractivity contribution in [3.8, 4) is 11.6 Å². The lowest BCUT2D eigenvalue weighted by Gasteiger charge is -2.10. The van der Waals surface area contributed by atoms with E-state index in [1.54, 1.807) is 31.4 Å². The number of nitrogens with zero attached hydrogens (tertiary/aromatic N) is 2. The standard InChI is InChI=1S/C25H22ClN3O4/c1-15-23(24(30)25(31)28-18-10-11-27-22(12-18)33-3)20-9-8-19(32-2)13-21(20)29(15)14-16-4-6-17(26)7-5-16/h4-13H,14H2,1-3H3,(H,27,28,31). The number of hydrogen-bond acceptors (Lipinski definition) is 5. The molecule has 2 aromatic carbocycles. The number of anilines is 1. The molecule has 4 aromatic rings. The van der Waals surface area contributed by atoms with E-state index in [0.717, 1.165) is 11.1 Å². The van der Waals surface area contributed by atoms with Gasteiger partial charge in [-0.3, -0.25) is 9.59 Å². The summed E-state index contributed by atoms with van der Waals surface area (Å²) in [5.41, 5.74) is 3.25. The molecule has 0 spiro atoms. The number of carbonyl (C=O) groups is 2. The Morgan fingerprint density at radius 3 is 2.48 bits per heavy atom. The van der Waals surface area contributed by atoms with Crippen LogP contribution in [0.4, 0.5) is 5.69 Å². The Morgan fingerprint density at radius 2 is 1.79 bits per heavy atom. The molecule has 0 radical (unpaired) electrons. The molecular formula is C25H22ClN3O4. The van der Waals surface area contributed by atoms with Crippen molar-refractivity contribution in [3.05, 3.63) is 82.6 Å². The average Bonchev–Trinajstić information content (AvgIpc) is 3.10. The van der Waals surface area contributed by atoms with Crippen molar-refractivity contribution in [1.82, 2.24) is 9.55 Å². The first-order valence-electron chi connectivity index (χ1n) is 10.2. The average molecular weight is 464 g/mol. The van der Waals surface area contributed by atoms with Gasteiger partial charge in [0.05, 0.1) is 25.3 Å². The third kappa shape index (κ3) is 4.54. The van der Waals surface area contributed by atoms with E-state index in [-0.39, 0.29) is 0 Å². The fourth-order valence-corrected chi connectivity index (χ4v) is 3.87. The maximum absolute atomic E-state index is 13.3. The first-order chi connectivity index (χ1) is 15.9. The summed E-state index contributed by atoms with van der Waals surface area (Å²) in [6.45, 7) is 2.33. The fraction of sp³-hybridized carbons (Fsp3) is 0.160. The van der Waals surface area contributed by atoms with Gasteiger partial charge in [0.1, 0.15) is 5.75 Å². The van der Waals surface area contributed by atoms with E-state index in [9.17, 15) is 9.59 Å². The molecule has 4 rings (SSSR count). The second kappa shape index (κ2) is 9.34. The molecule has 0 saturated carbocycles. The van der Waals surface area contributed by atoms with Gasteiger partial charge in [0, 0.05) is 46.7 Å². The molecule has 7 nitrogen and oxygen atoms in total. The van der Waals surface area contributed by atoms with Crippen LogP contribution in [0.15, 0.2) is 60.8 Å². The van der Waals surface area contributed by atoms with Gasteiger partial charge >= 0.3 is 0 Å². The molecule has 0 aliphatic rings. The van der Waals surface area contributed by atoms with Gasteiger partial charge in [-0.15, -0.1) is 0 Å². The van der Waals surface area contributed by atoms with E-state index in [2.05, 4.69) is 10.3 Å². The normalized spacial score (nSPS) is 10.8. The SMILES string of the molecule is COc1ccc2c(C(=O)C(=O)Nc3ccnc(OC)c3)c(C)n(Cc3ccc(Cl)cc3)c2c1. The highest BCUT2D eigenvalue weighted by molar-refractivity contribution is 6.48. The van der Waals surface area contributed by atoms with Gasteiger partial charge in [0.25, 0.3) is 11.7 Å². The molecule has 0 aliphatic carbocycles. The molecule has 0 unspecified atom stereocenters. The fourth-order valence-electron chi connectivity index (χ4n) is 3.75. The zero-order chi connectivity index (χ0) is 23.5. The largest absolute Gasteiger partial charge is 0.497 e. The van der Waals surface area contributed by atoms with Gasteiger partial charge < -0.3 is 19.4 Å². The Hall–Kier alpha value is -3.84. The molecule has 0 aliphatic heterocycles. The predicted molar refractivity (Wildman–Crippen MR) is 128 cm³/mol. The van der Waals surface area contributed by atoms with Gasteiger partial charge in [-0.25, -0.2) is 4.98 Å². The number of rotatable bonds is 7. The lowest BCUT2D eigenvalue weighted by atomic mass is 10.1. The number of aromatic nitrogens is 2. The minimum atomic E-state index is -0.743. The smallest absolute Gasteiger partial charge is 0.296 e. The molecule has 0 bridgehead atoms. The molecule has 8 heteroatoms. The third-order valence-corrected chi connectivity index (χ3v) is 5.67. The summed E-state index contributed by atoms with van der Waals surface area (Å²) in [4.78, 5) is 30.2. The summed E-state index contributed by atoms with van der Waals surface area (Å²) in [6, 6.07) is 16.1. The number of ketones is 1.